The third-order valence-corrected chi connectivity index (χ3v) is 3.66. The summed E-state index contributed by atoms with van der Waals surface area (Å²) in [5.74, 6) is 0.877. The molecule has 19 heavy (non-hydrogen) atoms. The Morgan fingerprint density at radius 3 is 1.68 bits per heavy atom. The van der Waals surface area contributed by atoms with Gasteiger partial charge >= 0.3 is 0 Å². The molecule has 0 aromatic rings. The zero-order chi connectivity index (χ0) is 15.5. The standard InChI is InChI=1S/C10H22.C6H16N2O/c1-9(2)7-6-8-10(3,4)5;1-2-6(3-7,4-8)5-9/h9H,6-8H2,1-5H3;9H,2-5,7-8H2,1H3. The SMILES string of the molecule is CC(C)CCCC(C)(C)C.CCC(CN)(CN)CO. The second-order valence-corrected chi connectivity index (χ2v) is 7.27. The normalized spacial score (nSPS) is 12.3. The first-order valence-electron chi connectivity index (χ1n) is 7.67. The topological polar surface area (TPSA) is 72.3 Å². The molecule has 3 nitrogen and oxygen atoms in total. The number of rotatable bonds is 7. The van der Waals surface area contributed by atoms with Crippen LogP contribution in [0.3, 0.4) is 0 Å². The van der Waals surface area contributed by atoms with Crippen LogP contribution in [0.2, 0.25) is 0 Å². The summed E-state index contributed by atoms with van der Waals surface area (Å²) in [5, 5.41) is 8.82. The zero-order valence-electron chi connectivity index (χ0n) is 14.1. The Morgan fingerprint density at radius 2 is 1.53 bits per heavy atom. The van der Waals surface area contributed by atoms with Crippen molar-refractivity contribution in [2.24, 2.45) is 28.2 Å². The Bertz CT molecular complexity index is 176. The molecule has 0 aromatic heterocycles. The van der Waals surface area contributed by atoms with Crippen molar-refractivity contribution in [3.63, 3.8) is 0 Å². The van der Waals surface area contributed by atoms with E-state index in [4.69, 9.17) is 16.6 Å². The van der Waals surface area contributed by atoms with Crippen LogP contribution in [0.4, 0.5) is 0 Å². The minimum Gasteiger partial charge on any atom is -0.396 e. The minimum absolute atomic E-state index is 0.0938. The van der Waals surface area contributed by atoms with Gasteiger partial charge in [-0.3, -0.25) is 0 Å². The van der Waals surface area contributed by atoms with Gasteiger partial charge in [-0.1, -0.05) is 54.4 Å². The lowest BCUT2D eigenvalue weighted by Gasteiger charge is -2.26. The summed E-state index contributed by atoms with van der Waals surface area (Å²) >= 11 is 0. The van der Waals surface area contributed by atoms with Crippen LogP contribution >= 0.6 is 0 Å². The molecule has 0 aliphatic heterocycles. The van der Waals surface area contributed by atoms with Gasteiger partial charge in [0.05, 0.1) is 6.61 Å². The number of aliphatic hydroxyl groups is 1. The van der Waals surface area contributed by atoms with Gasteiger partial charge < -0.3 is 16.6 Å². The van der Waals surface area contributed by atoms with Crippen LogP contribution < -0.4 is 11.5 Å². The summed E-state index contributed by atoms with van der Waals surface area (Å²) in [6.07, 6.45) is 4.99. The fraction of sp³-hybridized carbons (Fsp3) is 1.00. The molecule has 0 amide bonds. The van der Waals surface area contributed by atoms with Crippen LogP contribution in [-0.2, 0) is 0 Å². The number of nitrogens with two attached hydrogens (primary N) is 2. The molecular weight excluding hydrogens is 236 g/mol. The van der Waals surface area contributed by atoms with Crippen molar-refractivity contribution in [1.82, 2.24) is 0 Å². The Labute approximate surface area is 121 Å². The second kappa shape index (κ2) is 10.6. The second-order valence-electron chi connectivity index (χ2n) is 7.27. The first-order valence-corrected chi connectivity index (χ1v) is 7.67. The van der Waals surface area contributed by atoms with E-state index >= 15 is 0 Å². The van der Waals surface area contributed by atoms with Crippen LogP contribution in [0.5, 0.6) is 0 Å². The lowest BCUT2D eigenvalue weighted by atomic mass is 9.86. The largest absolute Gasteiger partial charge is 0.396 e. The molecule has 0 unspecified atom stereocenters. The highest BCUT2D eigenvalue weighted by Gasteiger charge is 2.22. The number of hydrogen-bond acceptors (Lipinski definition) is 3. The zero-order valence-corrected chi connectivity index (χ0v) is 14.1. The van der Waals surface area contributed by atoms with E-state index in [0.29, 0.717) is 18.5 Å². The fourth-order valence-electron chi connectivity index (χ4n) is 1.65. The Balaban J connectivity index is 0. The summed E-state index contributed by atoms with van der Waals surface area (Å²) < 4.78 is 0. The summed E-state index contributed by atoms with van der Waals surface area (Å²) in [5.41, 5.74) is 11.1. The van der Waals surface area contributed by atoms with Gasteiger partial charge in [0.15, 0.2) is 0 Å². The molecular formula is C16H38N2O. The van der Waals surface area contributed by atoms with Gasteiger partial charge in [0.1, 0.15) is 0 Å². The Hall–Kier alpha value is -0.120. The van der Waals surface area contributed by atoms with Crippen molar-refractivity contribution in [1.29, 1.82) is 0 Å². The monoisotopic (exact) mass is 274 g/mol. The van der Waals surface area contributed by atoms with E-state index in [1.807, 2.05) is 6.92 Å². The highest BCUT2D eigenvalue weighted by molar-refractivity contribution is 4.78. The smallest absolute Gasteiger partial charge is 0.0511 e. The van der Waals surface area contributed by atoms with E-state index in [1.54, 1.807) is 0 Å². The van der Waals surface area contributed by atoms with Crippen molar-refractivity contribution >= 4 is 0 Å². The van der Waals surface area contributed by atoms with Crippen molar-refractivity contribution in [2.45, 2.75) is 67.2 Å². The van der Waals surface area contributed by atoms with E-state index in [-0.39, 0.29) is 12.0 Å². The predicted octanol–water partition coefficient (Wildman–Crippen LogP) is 3.15. The number of aliphatic hydroxyl groups excluding tert-OH is 1. The molecule has 0 aliphatic carbocycles. The van der Waals surface area contributed by atoms with Gasteiger partial charge in [-0.15, -0.1) is 0 Å². The third kappa shape index (κ3) is 12.6. The van der Waals surface area contributed by atoms with Gasteiger partial charge in [-0.25, -0.2) is 0 Å². The third-order valence-electron chi connectivity index (χ3n) is 3.66. The molecule has 3 heteroatoms. The average molecular weight is 274 g/mol. The fourth-order valence-corrected chi connectivity index (χ4v) is 1.65. The van der Waals surface area contributed by atoms with Crippen LogP contribution in [0.25, 0.3) is 0 Å². The maximum Gasteiger partial charge on any atom is 0.0511 e. The van der Waals surface area contributed by atoms with E-state index in [2.05, 4.69) is 34.6 Å². The molecule has 0 saturated carbocycles. The Kier molecular flexibility index (Phi) is 11.9. The van der Waals surface area contributed by atoms with E-state index in [9.17, 15) is 0 Å². The quantitative estimate of drug-likeness (QED) is 0.668. The van der Waals surface area contributed by atoms with Crippen molar-refractivity contribution in [3.05, 3.63) is 0 Å². The highest BCUT2D eigenvalue weighted by atomic mass is 16.3. The highest BCUT2D eigenvalue weighted by Crippen LogP contribution is 2.22. The summed E-state index contributed by atoms with van der Waals surface area (Å²) in [6.45, 7) is 14.5. The molecule has 0 bridgehead atoms. The van der Waals surface area contributed by atoms with Crippen LogP contribution in [-0.4, -0.2) is 24.8 Å². The molecule has 118 valence electrons. The molecule has 0 heterocycles. The van der Waals surface area contributed by atoms with E-state index in [1.165, 1.54) is 19.3 Å². The molecule has 0 radical (unpaired) electrons. The summed E-state index contributed by atoms with van der Waals surface area (Å²) in [6, 6.07) is 0. The predicted molar refractivity (Wildman–Crippen MR) is 86.1 cm³/mol. The van der Waals surface area contributed by atoms with Crippen LogP contribution in [0, 0.1) is 16.7 Å². The maximum atomic E-state index is 8.82. The van der Waals surface area contributed by atoms with E-state index < -0.39 is 0 Å². The van der Waals surface area contributed by atoms with Gasteiger partial charge in [-0.05, 0) is 24.2 Å². The molecule has 0 rings (SSSR count). The average Bonchev–Trinajstić information content (AvgIpc) is 2.31. The van der Waals surface area contributed by atoms with E-state index in [0.717, 1.165) is 12.3 Å². The first-order chi connectivity index (χ1) is 8.66. The molecule has 0 aliphatic rings. The molecule has 0 aromatic carbocycles. The summed E-state index contributed by atoms with van der Waals surface area (Å²) in [7, 11) is 0. The molecule has 0 fully saturated rings. The van der Waals surface area contributed by atoms with Crippen molar-refractivity contribution in [2.75, 3.05) is 19.7 Å². The number of hydrogen-bond donors (Lipinski definition) is 3. The van der Waals surface area contributed by atoms with Gasteiger partial charge in [0, 0.05) is 18.5 Å². The van der Waals surface area contributed by atoms with Crippen LogP contribution in [0.15, 0.2) is 0 Å². The molecule has 0 atom stereocenters. The Morgan fingerprint density at radius 1 is 1.05 bits per heavy atom. The van der Waals surface area contributed by atoms with Crippen molar-refractivity contribution in [3.8, 4) is 0 Å². The molecule has 5 N–H and O–H groups in total. The lowest BCUT2D eigenvalue weighted by Crippen LogP contribution is -2.40. The molecule has 0 saturated heterocycles. The maximum absolute atomic E-state index is 8.82. The van der Waals surface area contributed by atoms with Gasteiger partial charge in [0.25, 0.3) is 0 Å². The van der Waals surface area contributed by atoms with Gasteiger partial charge in [0.2, 0.25) is 0 Å². The van der Waals surface area contributed by atoms with Crippen LogP contribution in [0.1, 0.15) is 67.2 Å². The first kappa shape index (κ1) is 21.2. The van der Waals surface area contributed by atoms with Gasteiger partial charge in [-0.2, -0.15) is 0 Å². The summed E-state index contributed by atoms with van der Waals surface area (Å²) in [4.78, 5) is 0. The molecule has 0 spiro atoms. The lowest BCUT2D eigenvalue weighted by molar-refractivity contribution is 0.135. The van der Waals surface area contributed by atoms with Crippen molar-refractivity contribution < 1.29 is 5.11 Å². The minimum atomic E-state index is -0.222.